The molecule has 0 spiro atoms. The fourth-order valence-electron chi connectivity index (χ4n) is 3.00. The fourth-order valence-corrected chi connectivity index (χ4v) is 3.00. The lowest BCUT2D eigenvalue weighted by atomic mass is 10.0. The molecule has 7 nitrogen and oxygen atoms in total. The van der Waals surface area contributed by atoms with Gasteiger partial charge in [0.1, 0.15) is 0 Å². The van der Waals surface area contributed by atoms with Gasteiger partial charge in [0.2, 0.25) is 5.95 Å². The second-order valence-electron chi connectivity index (χ2n) is 6.87. The summed E-state index contributed by atoms with van der Waals surface area (Å²) in [5.41, 5.74) is 2.64. The van der Waals surface area contributed by atoms with Gasteiger partial charge < -0.3 is 15.4 Å². The van der Waals surface area contributed by atoms with Crippen molar-refractivity contribution in [3.8, 4) is 0 Å². The molecule has 1 amide bonds. The first kappa shape index (κ1) is 19.3. The van der Waals surface area contributed by atoms with E-state index in [9.17, 15) is 4.79 Å². The third-order valence-electron chi connectivity index (χ3n) is 4.56. The van der Waals surface area contributed by atoms with Crippen molar-refractivity contribution in [2.45, 2.75) is 19.8 Å². The summed E-state index contributed by atoms with van der Waals surface area (Å²) in [5.74, 6) is 0.718. The zero-order valence-corrected chi connectivity index (χ0v) is 15.9. The van der Waals surface area contributed by atoms with Crippen LogP contribution in [0, 0.1) is 0 Å². The van der Waals surface area contributed by atoms with Gasteiger partial charge in [-0.25, -0.2) is 9.97 Å². The topological polar surface area (TPSA) is 79.4 Å². The summed E-state index contributed by atoms with van der Waals surface area (Å²) in [6.07, 6.45) is 3.11. The minimum Gasteiger partial charge on any atom is -0.379 e. The predicted octanol–water partition coefficient (Wildman–Crippen LogP) is 2.41. The number of aromatic nitrogens is 2. The minimum atomic E-state index is -0.155. The van der Waals surface area contributed by atoms with E-state index in [1.807, 2.05) is 18.2 Å². The molecular weight excluding hydrogens is 342 g/mol. The molecule has 1 saturated heterocycles. The van der Waals surface area contributed by atoms with Gasteiger partial charge in [-0.15, -0.1) is 0 Å². The summed E-state index contributed by atoms with van der Waals surface area (Å²) in [5, 5.41) is 6.15. The lowest BCUT2D eigenvalue weighted by Gasteiger charge is -2.26. The van der Waals surface area contributed by atoms with Crippen LogP contribution in [0.4, 0.5) is 11.6 Å². The Labute approximate surface area is 160 Å². The first-order valence-electron chi connectivity index (χ1n) is 9.40. The van der Waals surface area contributed by atoms with Crippen LogP contribution in [0.15, 0.2) is 36.7 Å². The first-order valence-corrected chi connectivity index (χ1v) is 9.40. The second-order valence-corrected chi connectivity index (χ2v) is 6.87. The highest BCUT2D eigenvalue weighted by molar-refractivity contribution is 5.93. The van der Waals surface area contributed by atoms with Gasteiger partial charge in [0.05, 0.1) is 18.8 Å². The van der Waals surface area contributed by atoms with Gasteiger partial charge in [0.25, 0.3) is 5.91 Å². The van der Waals surface area contributed by atoms with Crippen LogP contribution in [0.25, 0.3) is 0 Å². The van der Waals surface area contributed by atoms with Gasteiger partial charge in [-0.3, -0.25) is 9.69 Å². The maximum absolute atomic E-state index is 12.2. The Morgan fingerprint density at radius 1 is 1.19 bits per heavy atom. The molecule has 0 bridgehead atoms. The molecule has 0 saturated carbocycles. The number of amides is 1. The average molecular weight is 369 g/mol. The highest BCUT2D eigenvalue weighted by Crippen LogP contribution is 2.25. The Bertz CT molecular complexity index is 742. The normalized spacial score (nSPS) is 14.9. The summed E-state index contributed by atoms with van der Waals surface area (Å²) >= 11 is 0. The molecule has 2 aromatic rings. The van der Waals surface area contributed by atoms with E-state index in [0.717, 1.165) is 38.5 Å². The Hall–Kier alpha value is -2.51. The zero-order valence-electron chi connectivity index (χ0n) is 15.9. The summed E-state index contributed by atoms with van der Waals surface area (Å²) in [6, 6.07) is 8.09. The minimum absolute atomic E-state index is 0.155. The largest absolute Gasteiger partial charge is 0.379 e. The highest BCUT2D eigenvalue weighted by atomic mass is 16.5. The summed E-state index contributed by atoms with van der Waals surface area (Å²) in [4.78, 5) is 23.1. The number of morpholine rings is 1. The van der Waals surface area contributed by atoms with Gasteiger partial charge >= 0.3 is 0 Å². The van der Waals surface area contributed by atoms with Gasteiger partial charge in [-0.05, 0) is 17.5 Å². The van der Waals surface area contributed by atoms with Crippen molar-refractivity contribution in [1.29, 1.82) is 0 Å². The third kappa shape index (κ3) is 5.48. The molecule has 1 aliphatic rings. The van der Waals surface area contributed by atoms with E-state index in [-0.39, 0.29) is 5.91 Å². The molecule has 1 aromatic heterocycles. The second kappa shape index (κ2) is 9.43. The monoisotopic (exact) mass is 369 g/mol. The fraction of sp³-hybridized carbons (Fsp3) is 0.450. The Balaban J connectivity index is 1.53. The number of ether oxygens (including phenoxy) is 1. The molecule has 0 aliphatic carbocycles. The van der Waals surface area contributed by atoms with Crippen LogP contribution in [-0.4, -0.2) is 60.2 Å². The number of benzene rings is 1. The van der Waals surface area contributed by atoms with E-state index in [1.165, 1.54) is 5.56 Å². The molecule has 0 atom stereocenters. The number of anilines is 2. The first-order chi connectivity index (χ1) is 13.1. The van der Waals surface area contributed by atoms with Crippen LogP contribution in [0.3, 0.4) is 0 Å². The standard InChI is InChI=1S/C20H27N5O2/c1-15(2)17-5-3-4-6-18(17)24-20-22-13-16(14-23-20)19(26)21-7-8-25-9-11-27-12-10-25/h3-6,13-15H,7-12H2,1-2H3,(H,21,26)(H,22,23,24). The number of para-hydroxylation sites is 1. The van der Waals surface area contributed by atoms with Gasteiger partial charge in [-0.2, -0.15) is 0 Å². The molecule has 27 heavy (non-hydrogen) atoms. The maximum Gasteiger partial charge on any atom is 0.254 e. The molecule has 144 valence electrons. The summed E-state index contributed by atoms with van der Waals surface area (Å²) < 4.78 is 5.32. The number of hydrogen-bond acceptors (Lipinski definition) is 6. The molecule has 1 aliphatic heterocycles. The molecule has 0 unspecified atom stereocenters. The maximum atomic E-state index is 12.2. The lowest BCUT2D eigenvalue weighted by Crippen LogP contribution is -2.41. The van der Waals surface area contributed by atoms with E-state index >= 15 is 0 Å². The number of carbonyl (C=O) groups excluding carboxylic acids is 1. The third-order valence-corrected chi connectivity index (χ3v) is 4.56. The highest BCUT2D eigenvalue weighted by Gasteiger charge is 2.12. The van der Waals surface area contributed by atoms with Crippen LogP contribution in [0.1, 0.15) is 35.7 Å². The number of nitrogens with one attached hydrogen (secondary N) is 2. The molecule has 2 N–H and O–H groups in total. The van der Waals surface area contributed by atoms with E-state index < -0.39 is 0 Å². The number of hydrogen-bond donors (Lipinski definition) is 2. The lowest BCUT2D eigenvalue weighted by molar-refractivity contribution is 0.0383. The molecule has 1 fully saturated rings. The van der Waals surface area contributed by atoms with Gasteiger partial charge in [0, 0.05) is 44.3 Å². The zero-order chi connectivity index (χ0) is 19.1. The van der Waals surface area contributed by atoms with Gasteiger partial charge in [-0.1, -0.05) is 32.0 Å². The van der Waals surface area contributed by atoms with Crippen LogP contribution in [-0.2, 0) is 4.74 Å². The van der Waals surface area contributed by atoms with Crippen LogP contribution >= 0.6 is 0 Å². The SMILES string of the molecule is CC(C)c1ccccc1Nc1ncc(C(=O)NCCN2CCOCC2)cn1. The van der Waals surface area contributed by atoms with Crippen molar-refractivity contribution < 1.29 is 9.53 Å². The molecule has 7 heteroatoms. The number of carbonyl (C=O) groups is 1. The molecule has 1 aromatic carbocycles. The summed E-state index contributed by atoms with van der Waals surface area (Å²) in [6.45, 7) is 9.06. The van der Waals surface area contributed by atoms with Crippen molar-refractivity contribution >= 4 is 17.5 Å². The van der Waals surface area contributed by atoms with Crippen molar-refractivity contribution in [2.75, 3.05) is 44.7 Å². The number of nitrogens with zero attached hydrogens (tertiary/aromatic N) is 3. The van der Waals surface area contributed by atoms with E-state index in [0.29, 0.717) is 24.0 Å². The van der Waals surface area contributed by atoms with Crippen LogP contribution < -0.4 is 10.6 Å². The Morgan fingerprint density at radius 3 is 2.59 bits per heavy atom. The van der Waals surface area contributed by atoms with Crippen molar-refractivity contribution in [3.05, 3.63) is 47.8 Å². The summed E-state index contributed by atoms with van der Waals surface area (Å²) in [7, 11) is 0. The van der Waals surface area contributed by atoms with Crippen molar-refractivity contribution in [1.82, 2.24) is 20.2 Å². The smallest absolute Gasteiger partial charge is 0.254 e. The van der Waals surface area contributed by atoms with E-state index in [2.05, 4.69) is 45.4 Å². The average Bonchev–Trinajstić information content (AvgIpc) is 2.69. The molecule has 0 radical (unpaired) electrons. The van der Waals surface area contributed by atoms with Crippen molar-refractivity contribution in [2.24, 2.45) is 0 Å². The predicted molar refractivity (Wildman–Crippen MR) is 105 cm³/mol. The van der Waals surface area contributed by atoms with Crippen LogP contribution in [0.5, 0.6) is 0 Å². The number of rotatable bonds is 7. The van der Waals surface area contributed by atoms with Crippen molar-refractivity contribution in [3.63, 3.8) is 0 Å². The molecular formula is C20H27N5O2. The van der Waals surface area contributed by atoms with E-state index in [4.69, 9.17) is 4.74 Å². The van der Waals surface area contributed by atoms with Crippen LogP contribution in [0.2, 0.25) is 0 Å². The Kier molecular flexibility index (Phi) is 6.73. The molecule has 2 heterocycles. The van der Waals surface area contributed by atoms with E-state index in [1.54, 1.807) is 12.4 Å². The molecule has 3 rings (SSSR count). The Morgan fingerprint density at radius 2 is 1.89 bits per heavy atom. The van der Waals surface area contributed by atoms with Gasteiger partial charge in [0.15, 0.2) is 0 Å². The quantitative estimate of drug-likeness (QED) is 0.780.